The summed E-state index contributed by atoms with van der Waals surface area (Å²) in [6, 6.07) is 0.743. The summed E-state index contributed by atoms with van der Waals surface area (Å²) < 4.78 is 1.11. The molecule has 0 aliphatic heterocycles. The van der Waals surface area contributed by atoms with E-state index in [1.807, 2.05) is 0 Å². The van der Waals surface area contributed by atoms with E-state index in [1.165, 1.54) is 18.4 Å². The molecule has 128 valence electrons. The molecule has 2 N–H and O–H groups in total. The molecule has 0 unspecified atom stereocenters. The third kappa shape index (κ3) is 3.23. The first kappa shape index (κ1) is 15.8. The van der Waals surface area contributed by atoms with E-state index < -0.39 is 5.97 Å². The van der Waals surface area contributed by atoms with Gasteiger partial charge in [0.15, 0.2) is 0 Å². The highest BCUT2D eigenvalue weighted by molar-refractivity contribution is 7.18. The lowest BCUT2D eigenvalue weighted by Crippen LogP contribution is -2.52. The van der Waals surface area contributed by atoms with E-state index in [4.69, 9.17) is 5.11 Å². The zero-order valence-electron chi connectivity index (χ0n) is 13.7. The average Bonchev–Trinajstić information content (AvgIpc) is 3.23. The molecule has 2 aliphatic rings. The number of aryl methyl sites for hydroxylation is 1. The fourth-order valence-corrected chi connectivity index (χ4v) is 4.37. The highest BCUT2D eigenvalue weighted by Gasteiger charge is 2.37. The van der Waals surface area contributed by atoms with Crippen LogP contribution >= 0.6 is 11.3 Å². The molecule has 6 nitrogen and oxygen atoms in total. The van der Waals surface area contributed by atoms with Gasteiger partial charge in [-0.2, -0.15) is 0 Å². The Labute approximate surface area is 144 Å². The summed E-state index contributed by atoms with van der Waals surface area (Å²) in [6.07, 6.45) is 6.08. The molecule has 2 saturated carbocycles. The fraction of sp³-hybridized carbons (Fsp3) is 0.588. The fourth-order valence-electron chi connectivity index (χ4n) is 3.42. The van der Waals surface area contributed by atoms with Gasteiger partial charge >= 0.3 is 5.97 Å². The lowest BCUT2D eigenvalue weighted by molar-refractivity contribution is -0.139. The highest BCUT2D eigenvalue weighted by atomic mass is 32.1. The minimum absolute atomic E-state index is 0.162. The Morgan fingerprint density at radius 1 is 1.42 bits per heavy atom. The summed E-state index contributed by atoms with van der Waals surface area (Å²) in [5.74, 6) is 0.902. The topological polar surface area (TPSA) is 78.4 Å². The van der Waals surface area contributed by atoms with Gasteiger partial charge in [-0.1, -0.05) is 0 Å². The molecule has 2 heterocycles. The predicted molar refractivity (Wildman–Crippen MR) is 94.5 cm³/mol. The van der Waals surface area contributed by atoms with E-state index in [-0.39, 0.29) is 6.54 Å². The molecule has 0 spiro atoms. The summed E-state index contributed by atoms with van der Waals surface area (Å²) in [5.41, 5.74) is 2.21. The lowest BCUT2D eigenvalue weighted by Gasteiger charge is -2.43. The first-order valence-corrected chi connectivity index (χ1v) is 9.39. The van der Waals surface area contributed by atoms with Crippen LogP contribution in [-0.2, 0) is 4.79 Å². The van der Waals surface area contributed by atoms with Crippen LogP contribution < -0.4 is 5.32 Å². The van der Waals surface area contributed by atoms with E-state index >= 15 is 0 Å². The first-order valence-electron chi connectivity index (χ1n) is 8.51. The maximum atomic E-state index is 11.1. The number of aromatic nitrogens is 2. The van der Waals surface area contributed by atoms with E-state index in [1.54, 1.807) is 17.7 Å². The number of anilines is 1. The van der Waals surface area contributed by atoms with Gasteiger partial charge in [-0.3, -0.25) is 9.69 Å². The summed E-state index contributed by atoms with van der Waals surface area (Å²) in [6.45, 7) is 3.16. The van der Waals surface area contributed by atoms with Crippen LogP contribution in [0.5, 0.6) is 0 Å². The smallest absolute Gasteiger partial charge is 0.317 e. The van der Waals surface area contributed by atoms with Crippen LogP contribution in [0.25, 0.3) is 10.2 Å². The number of aliphatic carboxylic acids is 1. The molecule has 4 rings (SSSR count). The van der Waals surface area contributed by atoms with Crippen LogP contribution in [0.4, 0.5) is 5.82 Å². The number of fused-ring (bicyclic) bond motifs is 1. The van der Waals surface area contributed by atoms with Gasteiger partial charge < -0.3 is 10.4 Å². The number of hydrogen-bond donors (Lipinski definition) is 2. The molecule has 0 radical (unpaired) electrons. The zero-order valence-corrected chi connectivity index (χ0v) is 14.6. The molecule has 0 saturated heterocycles. The maximum absolute atomic E-state index is 11.1. The number of carbonyl (C=O) groups is 1. The number of nitrogens with one attached hydrogen (secondary N) is 1. The Morgan fingerprint density at radius 2 is 2.21 bits per heavy atom. The number of carboxylic acids is 1. The summed E-state index contributed by atoms with van der Waals surface area (Å²) >= 11 is 1.67. The molecule has 0 amide bonds. The van der Waals surface area contributed by atoms with Gasteiger partial charge in [0.2, 0.25) is 0 Å². The van der Waals surface area contributed by atoms with Gasteiger partial charge in [0, 0.05) is 18.6 Å². The standard InChI is InChI=1S/C17H22N4O2S/c1-10-8-24-16-15(10)18-9-19-17(16)20-12-4-13(5-12)21(7-14(22)23)6-11-2-3-11/h8-9,11-13H,2-7H2,1H3,(H,22,23)(H,18,19,20). The van der Waals surface area contributed by atoms with Crippen LogP contribution in [0.15, 0.2) is 11.7 Å². The van der Waals surface area contributed by atoms with Crippen LogP contribution in [-0.4, -0.2) is 51.1 Å². The summed E-state index contributed by atoms with van der Waals surface area (Å²) in [7, 11) is 0. The van der Waals surface area contributed by atoms with E-state index in [2.05, 4.69) is 32.5 Å². The van der Waals surface area contributed by atoms with E-state index in [9.17, 15) is 4.79 Å². The number of hydrogen-bond acceptors (Lipinski definition) is 6. The quantitative estimate of drug-likeness (QED) is 0.803. The Morgan fingerprint density at radius 3 is 2.92 bits per heavy atom. The molecule has 24 heavy (non-hydrogen) atoms. The predicted octanol–water partition coefficient (Wildman–Crippen LogP) is 2.74. The van der Waals surface area contributed by atoms with Crippen molar-refractivity contribution in [3.05, 3.63) is 17.3 Å². The van der Waals surface area contributed by atoms with Gasteiger partial charge in [0.1, 0.15) is 12.1 Å². The average molecular weight is 346 g/mol. The minimum atomic E-state index is -0.723. The number of carboxylic acid groups (broad SMARTS) is 1. The Hall–Kier alpha value is -1.73. The molecule has 2 aromatic heterocycles. The molecule has 2 fully saturated rings. The monoisotopic (exact) mass is 346 g/mol. The molecule has 2 aliphatic carbocycles. The van der Waals surface area contributed by atoms with Crippen LogP contribution in [0.3, 0.4) is 0 Å². The van der Waals surface area contributed by atoms with Crippen molar-refractivity contribution in [3.8, 4) is 0 Å². The van der Waals surface area contributed by atoms with Crippen molar-refractivity contribution < 1.29 is 9.90 Å². The number of rotatable bonds is 7. The van der Waals surface area contributed by atoms with Crippen molar-refractivity contribution in [3.63, 3.8) is 0 Å². The number of thiophene rings is 1. The van der Waals surface area contributed by atoms with Crippen molar-refractivity contribution >= 4 is 33.3 Å². The van der Waals surface area contributed by atoms with Crippen molar-refractivity contribution in [1.29, 1.82) is 0 Å². The maximum Gasteiger partial charge on any atom is 0.317 e. The van der Waals surface area contributed by atoms with E-state index in [0.717, 1.165) is 35.4 Å². The zero-order chi connectivity index (χ0) is 16.7. The molecule has 7 heteroatoms. The second-order valence-corrected chi connectivity index (χ2v) is 7.93. The molecule has 2 aromatic rings. The van der Waals surface area contributed by atoms with Crippen LogP contribution in [0.2, 0.25) is 0 Å². The Bertz CT molecular complexity index is 752. The largest absolute Gasteiger partial charge is 0.480 e. The summed E-state index contributed by atoms with van der Waals surface area (Å²) in [5, 5.41) is 14.8. The van der Waals surface area contributed by atoms with Crippen molar-refractivity contribution in [2.24, 2.45) is 5.92 Å². The summed E-state index contributed by atoms with van der Waals surface area (Å²) in [4.78, 5) is 22.0. The normalized spacial score (nSPS) is 23.4. The molecular weight excluding hydrogens is 324 g/mol. The third-order valence-electron chi connectivity index (χ3n) is 5.03. The van der Waals surface area contributed by atoms with Gasteiger partial charge in [0.25, 0.3) is 0 Å². The Kier molecular flexibility index (Phi) is 4.14. The first-order chi connectivity index (χ1) is 11.6. The molecular formula is C17H22N4O2S. The second kappa shape index (κ2) is 6.29. The van der Waals surface area contributed by atoms with Gasteiger partial charge in [-0.15, -0.1) is 11.3 Å². The molecule has 0 aromatic carbocycles. The van der Waals surface area contributed by atoms with Gasteiger partial charge in [-0.05, 0) is 49.5 Å². The second-order valence-electron chi connectivity index (χ2n) is 7.05. The van der Waals surface area contributed by atoms with Crippen molar-refractivity contribution in [2.75, 3.05) is 18.4 Å². The van der Waals surface area contributed by atoms with Crippen molar-refractivity contribution in [2.45, 2.75) is 44.7 Å². The van der Waals surface area contributed by atoms with E-state index in [0.29, 0.717) is 18.0 Å². The molecule has 0 bridgehead atoms. The highest BCUT2D eigenvalue weighted by Crippen LogP contribution is 2.36. The van der Waals surface area contributed by atoms with Crippen molar-refractivity contribution in [1.82, 2.24) is 14.9 Å². The van der Waals surface area contributed by atoms with Gasteiger partial charge in [-0.25, -0.2) is 9.97 Å². The SMILES string of the molecule is Cc1csc2c(NC3CC(N(CC(=O)O)CC4CC4)C3)ncnc12. The van der Waals surface area contributed by atoms with Crippen LogP contribution in [0.1, 0.15) is 31.2 Å². The third-order valence-corrected chi connectivity index (χ3v) is 6.12. The van der Waals surface area contributed by atoms with Gasteiger partial charge in [0.05, 0.1) is 16.8 Å². The molecule has 0 atom stereocenters. The Balaban J connectivity index is 1.38. The minimum Gasteiger partial charge on any atom is -0.480 e. The van der Waals surface area contributed by atoms with Crippen LogP contribution in [0, 0.1) is 12.8 Å². The number of nitrogens with zero attached hydrogens (tertiary/aromatic N) is 3. The lowest BCUT2D eigenvalue weighted by atomic mass is 9.85.